The van der Waals surface area contributed by atoms with Crippen molar-refractivity contribution in [3.05, 3.63) is 59.4 Å². The highest BCUT2D eigenvalue weighted by molar-refractivity contribution is 7.80. The Morgan fingerprint density at radius 2 is 1.95 bits per heavy atom. The van der Waals surface area contributed by atoms with Crippen molar-refractivity contribution < 1.29 is 4.39 Å². The van der Waals surface area contributed by atoms with Crippen LogP contribution in [0.4, 0.5) is 15.8 Å². The fourth-order valence-electron chi connectivity index (χ4n) is 1.90. The molecule has 0 bridgehead atoms. The molecule has 0 unspecified atom stereocenters. The molecule has 0 saturated carbocycles. The fraction of sp³-hybridized carbons (Fsp3) is 0.188. The first-order valence-corrected chi connectivity index (χ1v) is 7.61. The molecule has 0 aliphatic rings. The maximum Gasteiger partial charge on any atom is 0.170 e. The summed E-state index contributed by atoms with van der Waals surface area (Å²) in [7, 11) is 2.02. The molecule has 0 amide bonds. The van der Waals surface area contributed by atoms with Crippen molar-refractivity contribution in [3.63, 3.8) is 0 Å². The average molecular weight is 338 g/mol. The lowest BCUT2D eigenvalue weighted by Gasteiger charge is -2.20. The molecule has 0 fully saturated rings. The van der Waals surface area contributed by atoms with E-state index in [9.17, 15) is 4.39 Å². The number of hydrogen-bond acceptors (Lipinski definition) is 2. The van der Waals surface area contributed by atoms with Gasteiger partial charge in [-0.05, 0) is 42.5 Å². The van der Waals surface area contributed by atoms with Gasteiger partial charge in [-0.15, -0.1) is 0 Å². The first-order valence-electron chi connectivity index (χ1n) is 6.82. The van der Waals surface area contributed by atoms with Gasteiger partial charge in [0.2, 0.25) is 0 Å². The van der Waals surface area contributed by atoms with Crippen LogP contribution in [0.15, 0.2) is 48.5 Å². The van der Waals surface area contributed by atoms with Crippen LogP contribution in [0.1, 0.15) is 0 Å². The van der Waals surface area contributed by atoms with Crippen LogP contribution in [0, 0.1) is 5.82 Å². The van der Waals surface area contributed by atoms with Crippen molar-refractivity contribution in [2.75, 3.05) is 30.4 Å². The minimum absolute atomic E-state index is 0.0663. The summed E-state index contributed by atoms with van der Waals surface area (Å²) in [5, 5.41) is 6.62. The summed E-state index contributed by atoms with van der Waals surface area (Å²) in [6.07, 6.45) is 0. The number of halogens is 2. The molecule has 0 radical (unpaired) electrons. The van der Waals surface area contributed by atoms with Crippen molar-refractivity contribution in [1.82, 2.24) is 5.32 Å². The van der Waals surface area contributed by atoms with Crippen LogP contribution in [0.2, 0.25) is 5.02 Å². The van der Waals surface area contributed by atoms with Gasteiger partial charge >= 0.3 is 0 Å². The van der Waals surface area contributed by atoms with Crippen LogP contribution in [0.3, 0.4) is 0 Å². The number of benzene rings is 2. The molecule has 2 rings (SSSR count). The average Bonchev–Trinajstić information content (AvgIpc) is 2.51. The summed E-state index contributed by atoms with van der Waals surface area (Å²) in [5.41, 5.74) is 1.80. The molecule has 22 heavy (non-hydrogen) atoms. The normalized spacial score (nSPS) is 10.1. The Balaban J connectivity index is 1.77. The quantitative estimate of drug-likeness (QED) is 0.809. The number of nitrogens with zero attached hydrogens (tertiary/aromatic N) is 1. The van der Waals surface area contributed by atoms with Crippen molar-refractivity contribution in [2.24, 2.45) is 0 Å². The molecule has 0 spiro atoms. The van der Waals surface area contributed by atoms with Crippen molar-refractivity contribution in [3.8, 4) is 0 Å². The van der Waals surface area contributed by atoms with Crippen LogP contribution in [0.5, 0.6) is 0 Å². The summed E-state index contributed by atoms with van der Waals surface area (Å²) in [6.45, 7) is 1.49. The summed E-state index contributed by atoms with van der Waals surface area (Å²) in [5.74, 6) is -0.449. The van der Waals surface area contributed by atoms with Crippen molar-refractivity contribution in [2.45, 2.75) is 0 Å². The minimum atomic E-state index is -0.449. The smallest absolute Gasteiger partial charge is 0.170 e. The molecular formula is C16H17ClFN3S. The topological polar surface area (TPSA) is 27.3 Å². The van der Waals surface area contributed by atoms with E-state index in [1.54, 1.807) is 6.07 Å². The predicted molar refractivity (Wildman–Crippen MR) is 95.3 cm³/mol. The van der Waals surface area contributed by atoms with E-state index >= 15 is 0 Å². The molecule has 0 aliphatic carbocycles. The summed E-state index contributed by atoms with van der Waals surface area (Å²) in [6, 6.07) is 14.5. The van der Waals surface area contributed by atoms with Gasteiger partial charge in [0.15, 0.2) is 5.11 Å². The lowest BCUT2D eigenvalue weighted by molar-refractivity contribution is 0.628. The lowest BCUT2D eigenvalue weighted by atomic mass is 10.3. The molecule has 2 aromatic rings. The number of rotatable bonds is 5. The highest BCUT2D eigenvalue weighted by atomic mass is 35.5. The second kappa shape index (κ2) is 7.96. The van der Waals surface area contributed by atoms with Crippen LogP contribution in [-0.2, 0) is 0 Å². The molecule has 0 atom stereocenters. The molecule has 0 aliphatic heterocycles. The second-order valence-corrected chi connectivity index (χ2v) is 5.58. The van der Waals surface area contributed by atoms with E-state index in [1.165, 1.54) is 12.1 Å². The minimum Gasteiger partial charge on any atom is -0.373 e. The number of likely N-dealkylation sites (N-methyl/N-ethyl adjacent to an activating group) is 1. The molecule has 6 heteroatoms. The fourth-order valence-corrected chi connectivity index (χ4v) is 2.30. The molecule has 2 aromatic carbocycles. The summed E-state index contributed by atoms with van der Waals surface area (Å²) in [4.78, 5) is 2.13. The van der Waals surface area contributed by atoms with E-state index in [0.717, 1.165) is 12.2 Å². The number of para-hydroxylation sites is 1. The molecule has 116 valence electrons. The van der Waals surface area contributed by atoms with Crippen molar-refractivity contribution >= 4 is 40.3 Å². The Labute approximate surface area is 140 Å². The van der Waals surface area contributed by atoms with Gasteiger partial charge < -0.3 is 15.5 Å². The zero-order chi connectivity index (χ0) is 15.9. The highest BCUT2D eigenvalue weighted by Crippen LogP contribution is 2.19. The highest BCUT2D eigenvalue weighted by Gasteiger charge is 2.03. The standard InChI is InChI=1S/C16H17ClFN3S/c1-21(13-5-3-2-4-6-13)10-9-19-16(22)20-12-7-8-15(18)14(17)11-12/h2-8,11H,9-10H2,1H3,(H2,19,20,22). The van der Waals surface area contributed by atoms with Gasteiger partial charge in [-0.2, -0.15) is 0 Å². The third-order valence-electron chi connectivity index (χ3n) is 3.11. The third kappa shape index (κ3) is 4.86. The molecule has 2 N–H and O–H groups in total. The number of nitrogens with one attached hydrogen (secondary N) is 2. The number of hydrogen-bond donors (Lipinski definition) is 2. The Hall–Kier alpha value is -1.85. The Bertz CT molecular complexity index is 637. The predicted octanol–water partition coefficient (Wildman–Crippen LogP) is 3.90. The molecular weight excluding hydrogens is 321 g/mol. The largest absolute Gasteiger partial charge is 0.373 e. The van der Waals surface area contributed by atoms with E-state index in [1.807, 2.05) is 25.2 Å². The molecule has 0 aromatic heterocycles. The van der Waals surface area contributed by atoms with E-state index in [2.05, 4.69) is 27.7 Å². The Morgan fingerprint density at radius 3 is 2.64 bits per heavy atom. The van der Waals surface area contributed by atoms with Crippen LogP contribution >= 0.6 is 23.8 Å². The van der Waals surface area contributed by atoms with E-state index in [0.29, 0.717) is 17.3 Å². The molecule has 3 nitrogen and oxygen atoms in total. The SMILES string of the molecule is CN(CCNC(=S)Nc1ccc(F)c(Cl)c1)c1ccccc1. The van der Waals surface area contributed by atoms with E-state index < -0.39 is 5.82 Å². The Kier molecular flexibility index (Phi) is 5.98. The van der Waals surface area contributed by atoms with Crippen molar-refractivity contribution in [1.29, 1.82) is 0 Å². The van der Waals surface area contributed by atoms with E-state index in [4.69, 9.17) is 23.8 Å². The molecule has 0 saturated heterocycles. The number of thiocarbonyl (C=S) groups is 1. The maximum atomic E-state index is 13.1. The van der Waals surface area contributed by atoms with Crippen LogP contribution in [-0.4, -0.2) is 25.2 Å². The van der Waals surface area contributed by atoms with E-state index in [-0.39, 0.29) is 5.02 Å². The van der Waals surface area contributed by atoms with Gasteiger partial charge in [0, 0.05) is 31.5 Å². The van der Waals surface area contributed by atoms with Gasteiger partial charge in [-0.25, -0.2) is 4.39 Å². The van der Waals surface area contributed by atoms with Gasteiger partial charge in [0.1, 0.15) is 5.82 Å². The first kappa shape index (κ1) is 16.5. The summed E-state index contributed by atoms with van der Waals surface area (Å²) >= 11 is 10.9. The van der Waals surface area contributed by atoms with Crippen LogP contribution < -0.4 is 15.5 Å². The monoisotopic (exact) mass is 337 g/mol. The molecule has 0 heterocycles. The lowest BCUT2D eigenvalue weighted by Crippen LogP contribution is -2.35. The Morgan fingerprint density at radius 1 is 1.23 bits per heavy atom. The van der Waals surface area contributed by atoms with Gasteiger partial charge in [0.05, 0.1) is 5.02 Å². The van der Waals surface area contributed by atoms with Gasteiger partial charge in [0.25, 0.3) is 0 Å². The first-order chi connectivity index (χ1) is 10.6. The third-order valence-corrected chi connectivity index (χ3v) is 3.64. The van der Waals surface area contributed by atoms with Crippen LogP contribution in [0.25, 0.3) is 0 Å². The summed E-state index contributed by atoms with van der Waals surface area (Å²) < 4.78 is 13.1. The zero-order valence-corrected chi connectivity index (χ0v) is 13.7. The second-order valence-electron chi connectivity index (χ2n) is 4.77. The number of anilines is 2. The van der Waals surface area contributed by atoms with Gasteiger partial charge in [-0.1, -0.05) is 29.8 Å². The van der Waals surface area contributed by atoms with Gasteiger partial charge in [-0.3, -0.25) is 0 Å². The zero-order valence-electron chi connectivity index (χ0n) is 12.1. The maximum absolute atomic E-state index is 13.1.